The van der Waals surface area contributed by atoms with Crippen LogP contribution in [0.4, 0.5) is 11.5 Å². The molecule has 0 saturated carbocycles. The van der Waals surface area contributed by atoms with Crippen molar-refractivity contribution in [3.8, 4) is 5.88 Å². The van der Waals surface area contributed by atoms with Crippen molar-refractivity contribution in [1.82, 2.24) is 9.97 Å². The van der Waals surface area contributed by atoms with Crippen molar-refractivity contribution in [1.29, 1.82) is 0 Å². The number of ether oxygens (including phenoxy) is 2. The summed E-state index contributed by atoms with van der Waals surface area (Å²) in [6.07, 6.45) is 4.20. The second kappa shape index (κ2) is 6.92. The quantitative estimate of drug-likeness (QED) is 0.883. The van der Waals surface area contributed by atoms with Crippen molar-refractivity contribution >= 4 is 17.4 Å². The van der Waals surface area contributed by atoms with E-state index in [0.29, 0.717) is 24.8 Å². The van der Waals surface area contributed by atoms with Crippen LogP contribution in [0, 0.1) is 6.92 Å². The second-order valence-corrected chi connectivity index (χ2v) is 6.75. The molecule has 0 aromatic carbocycles. The van der Waals surface area contributed by atoms with Gasteiger partial charge < -0.3 is 20.1 Å². The summed E-state index contributed by atoms with van der Waals surface area (Å²) < 4.78 is 11.3. The van der Waals surface area contributed by atoms with E-state index in [1.54, 1.807) is 17.2 Å². The number of pyridine rings is 2. The fraction of sp³-hybridized carbons (Fsp3) is 0.421. The molecular formula is C19H22N4O3. The standard InChI is InChI=1S/C19H22N4O3/c1-12-4-5-13(9-21-12)10-23-16-8-17(26-11-14-3-2-6-25-14)22-19(20)15(16)7-18(23)24/h4-5,8-9,14H,2-3,6-7,10-11H2,1H3,(H2,20,22)/t14-/m1/s1. The van der Waals surface area contributed by atoms with Gasteiger partial charge in [0.05, 0.1) is 24.8 Å². The van der Waals surface area contributed by atoms with E-state index in [1.165, 1.54) is 0 Å². The molecular weight excluding hydrogens is 332 g/mol. The van der Waals surface area contributed by atoms with Gasteiger partial charge in [-0.3, -0.25) is 9.78 Å². The molecule has 4 rings (SSSR count). The lowest BCUT2D eigenvalue weighted by atomic mass is 10.2. The number of aryl methyl sites for hydroxylation is 1. The van der Waals surface area contributed by atoms with Crippen molar-refractivity contribution < 1.29 is 14.3 Å². The lowest BCUT2D eigenvalue weighted by Gasteiger charge is -2.19. The largest absolute Gasteiger partial charge is 0.475 e. The number of carbonyl (C=O) groups is 1. The van der Waals surface area contributed by atoms with Gasteiger partial charge in [0.15, 0.2) is 0 Å². The molecule has 2 aliphatic rings. The van der Waals surface area contributed by atoms with Gasteiger partial charge in [0.1, 0.15) is 12.4 Å². The number of nitrogens with zero attached hydrogens (tertiary/aromatic N) is 3. The van der Waals surface area contributed by atoms with E-state index in [2.05, 4.69) is 9.97 Å². The van der Waals surface area contributed by atoms with Gasteiger partial charge in [-0.05, 0) is 31.4 Å². The molecule has 0 radical (unpaired) electrons. The monoisotopic (exact) mass is 354 g/mol. The minimum Gasteiger partial charge on any atom is -0.475 e. The highest BCUT2D eigenvalue weighted by Gasteiger charge is 2.31. The maximum Gasteiger partial charge on any atom is 0.231 e. The Bertz CT molecular complexity index is 816. The van der Waals surface area contributed by atoms with Crippen LogP contribution in [0.1, 0.15) is 29.7 Å². The summed E-state index contributed by atoms with van der Waals surface area (Å²) >= 11 is 0. The number of nitrogen functional groups attached to an aromatic ring is 1. The van der Waals surface area contributed by atoms with E-state index >= 15 is 0 Å². The highest BCUT2D eigenvalue weighted by atomic mass is 16.5. The van der Waals surface area contributed by atoms with Crippen LogP contribution in [0.25, 0.3) is 0 Å². The van der Waals surface area contributed by atoms with Gasteiger partial charge in [-0.25, -0.2) is 0 Å². The predicted molar refractivity (Wildman–Crippen MR) is 97.0 cm³/mol. The molecule has 1 amide bonds. The zero-order valence-corrected chi connectivity index (χ0v) is 14.8. The summed E-state index contributed by atoms with van der Waals surface area (Å²) in [7, 11) is 0. The highest BCUT2D eigenvalue weighted by molar-refractivity contribution is 6.02. The molecule has 136 valence electrons. The second-order valence-electron chi connectivity index (χ2n) is 6.75. The molecule has 2 N–H and O–H groups in total. The van der Waals surface area contributed by atoms with Crippen LogP contribution in [0.3, 0.4) is 0 Å². The first-order valence-corrected chi connectivity index (χ1v) is 8.86. The van der Waals surface area contributed by atoms with Crippen LogP contribution in [0.15, 0.2) is 24.4 Å². The minimum absolute atomic E-state index is 0.00495. The molecule has 1 saturated heterocycles. The SMILES string of the molecule is Cc1ccc(CN2C(=O)Cc3c2cc(OC[C@H]2CCCO2)nc3N)cn1. The Morgan fingerprint density at radius 3 is 3.04 bits per heavy atom. The minimum atomic E-state index is 0.00495. The molecule has 4 heterocycles. The zero-order valence-electron chi connectivity index (χ0n) is 14.8. The maximum atomic E-state index is 12.5. The van der Waals surface area contributed by atoms with Crippen LogP contribution in [-0.2, 0) is 22.5 Å². The lowest BCUT2D eigenvalue weighted by molar-refractivity contribution is -0.117. The number of hydrogen-bond acceptors (Lipinski definition) is 6. The Hall–Kier alpha value is -2.67. The summed E-state index contributed by atoms with van der Waals surface area (Å²) in [6, 6.07) is 5.72. The molecule has 7 nitrogen and oxygen atoms in total. The molecule has 7 heteroatoms. The number of anilines is 2. The maximum absolute atomic E-state index is 12.5. The van der Waals surface area contributed by atoms with Gasteiger partial charge in [-0.2, -0.15) is 4.98 Å². The van der Waals surface area contributed by atoms with Gasteiger partial charge in [-0.1, -0.05) is 6.07 Å². The molecule has 1 atom stereocenters. The Labute approximate surface area is 152 Å². The molecule has 0 spiro atoms. The van der Waals surface area contributed by atoms with Gasteiger partial charge in [0.25, 0.3) is 0 Å². The van der Waals surface area contributed by atoms with Gasteiger partial charge in [-0.15, -0.1) is 0 Å². The van der Waals surface area contributed by atoms with E-state index in [4.69, 9.17) is 15.2 Å². The first kappa shape index (κ1) is 16.8. The van der Waals surface area contributed by atoms with Crippen LogP contribution >= 0.6 is 0 Å². The van der Waals surface area contributed by atoms with Crippen molar-refractivity contribution in [2.45, 2.75) is 38.8 Å². The Balaban J connectivity index is 1.55. The van der Waals surface area contributed by atoms with E-state index in [9.17, 15) is 4.79 Å². The third-order valence-corrected chi connectivity index (χ3v) is 4.78. The molecule has 0 aliphatic carbocycles. The fourth-order valence-corrected chi connectivity index (χ4v) is 3.33. The normalized spacial score (nSPS) is 19.0. The molecule has 0 unspecified atom stereocenters. The molecule has 2 aromatic heterocycles. The average molecular weight is 354 g/mol. The van der Waals surface area contributed by atoms with Crippen molar-refractivity contribution in [3.63, 3.8) is 0 Å². The van der Waals surface area contributed by atoms with E-state index in [-0.39, 0.29) is 18.4 Å². The van der Waals surface area contributed by atoms with Gasteiger partial charge in [0, 0.05) is 30.1 Å². The summed E-state index contributed by atoms with van der Waals surface area (Å²) in [4.78, 5) is 22.8. The number of amides is 1. The predicted octanol–water partition coefficient (Wildman–Crippen LogP) is 2.01. The van der Waals surface area contributed by atoms with Crippen LogP contribution in [-0.4, -0.2) is 35.2 Å². The molecule has 2 aliphatic heterocycles. The molecule has 26 heavy (non-hydrogen) atoms. The highest BCUT2D eigenvalue weighted by Crippen LogP contribution is 2.36. The summed E-state index contributed by atoms with van der Waals surface area (Å²) in [5, 5.41) is 0. The van der Waals surface area contributed by atoms with Crippen LogP contribution in [0.5, 0.6) is 5.88 Å². The van der Waals surface area contributed by atoms with Gasteiger partial charge in [0.2, 0.25) is 11.8 Å². The number of aromatic nitrogens is 2. The fourth-order valence-electron chi connectivity index (χ4n) is 3.33. The third-order valence-electron chi connectivity index (χ3n) is 4.78. The van der Waals surface area contributed by atoms with Gasteiger partial charge >= 0.3 is 0 Å². The Morgan fingerprint density at radius 1 is 1.42 bits per heavy atom. The van der Waals surface area contributed by atoms with Crippen molar-refractivity contribution in [2.24, 2.45) is 0 Å². The van der Waals surface area contributed by atoms with E-state index in [0.717, 1.165) is 42.0 Å². The molecule has 2 aromatic rings. The van der Waals surface area contributed by atoms with Crippen LogP contribution in [0.2, 0.25) is 0 Å². The van der Waals surface area contributed by atoms with E-state index in [1.807, 2.05) is 19.1 Å². The summed E-state index contributed by atoms with van der Waals surface area (Å²) in [5.41, 5.74) is 9.52. The number of fused-ring (bicyclic) bond motifs is 1. The number of rotatable bonds is 5. The lowest BCUT2D eigenvalue weighted by Crippen LogP contribution is -2.26. The third kappa shape index (κ3) is 3.35. The van der Waals surface area contributed by atoms with Crippen molar-refractivity contribution in [3.05, 3.63) is 41.2 Å². The number of nitrogens with two attached hydrogens (primary N) is 1. The Morgan fingerprint density at radius 2 is 2.31 bits per heavy atom. The van der Waals surface area contributed by atoms with Crippen molar-refractivity contribution in [2.75, 3.05) is 23.8 Å². The Kier molecular flexibility index (Phi) is 4.46. The molecule has 1 fully saturated rings. The van der Waals surface area contributed by atoms with E-state index < -0.39 is 0 Å². The first-order chi connectivity index (χ1) is 12.6. The first-order valence-electron chi connectivity index (χ1n) is 8.86. The smallest absolute Gasteiger partial charge is 0.231 e. The summed E-state index contributed by atoms with van der Waals surface area (Å²) in [6.45, 7) is 3.61. The number of carbonyl (C=O) groups excluding carboxylic acids is 1. The zero-order chi connectivity index (χ0) is 18.1. The number of hydrogen-bond donors (Lipinski definition) is 1. The molecule has 0 bridgehead atoms. The topological polar surface area (TPSA) is 90.6 Å². The average Bonchev–Trinajstić information content (AvgIpc) is 3.24. The van der Waals surface area contributed by atoms with Crippen LogP contribution < -0.4 is 15.4 Å². The summed E-state index contributed by atoms with van der Waals surface area (Å²) in [5.74, 6) is 0.784.